The van der Waals surface area contributed by atoms with Gasteiger partial charge in [0.2, 0.25) is 0 Å². The van der Waals surface area contributed by atoms with Gasteiger partial charge in [-0.1, -0.05) is 5.16 Å². The number of rotatable bonds is 4. The Morgan fingerprint density at radius 2 is 2.31 bits per heavy atom. The van der Waals surface area contributed by atoms with Crippen molar-refractivity contribution in [3.05, 3.63) is 24.4 Å². The first-order valence-corrected chi connectivity index (χ1v) is 5.31. The predicted molar refractivity (Wildman–Crippen MR) is 58.9 cm³/mol. The largest absolute Gasteiger partial charge is 0.396 e. The number of imidazole rings is 1. The normalized spacial score (nSPS) is 11.2. The van der Waals surface area contributed by atoms with Crippen molar-refractivity contribution in [1.82, 2.24) is 14.7 Å². The zero-order valence-corrected chi connectivity index (χ0v) is 9.42. The van der Waals surface area contributed by atoms with Gasteiger partial charge in [0.05, 0.1) is 24.8 Å². The molecule has 5 heteroatoms. The zero-order valence-electron chi connectivity index (χ0n) is 9.42. The molecule has 0 amide bonds. The van der Waals surface area contributed by atoms with Crippen LogP contribution in [0.5, 0.6) is 0 Å². The maximum Gasteiger partial charge on any atom is 0.139 e. The van der Waals surface area contributed by atoms with Crippen LogP contribution >= 0.6 is 0 Å². The lowest BCUT2D eigenvalue weighted by atomic mass is 10.2. The maximum absolute atomic E-state index is 8.80. The summed E-state index contributed by atoms with van der Waals surface area (Å²) in [6, 6.07) is 2.17. The van der Waals surface area contributed by atoms with E-state index in [1.54, 1.807) is 12.5 Å². The minimum Gasteiger partial charge on any atom is -0.396 e. The van der Waals surface area contributed by atoms with Crippen LogP contribution in [0.3, 0.4) is 0 Å². The van der Waals surface area contributed by atoms with Crippen LogP contribution in [-0.2, 0) is 6.42 Å². The third kappa shape index (κ3) is 1.99. The molecule has 1 N–H and O–H groups in total. The molecule has 0 aromatic carbocycles. The first kappa shape index (κ1) is 10.9. The van der Waals surface area contributed by atoms with Crippen LogP contribution in [-0.4, -0.2) is 26.4 Å². The fraction of sp³-hybridized carbons (Fsp3) is 0.455. The average molecular weight is 221 g/mol. The summed E-state index contributed by atoms with van der Waals surface area (Å²) >= 11 is 0. The van der Waals surface area contributed by atoms with E-state index in [1.165, 1.54) is 0 Å². The number of aliphatic hydroxyl groups is 1. The van der Waals surface area contributed by atoms with Gasteiger partial charge in [-0.25, -0.2) is 4.98 Å². The Labute approximate surface area is 93.7 Å². The van der Waals surface area contributed by atoms with Crippen molar-refractivity contribution >= 4 is 0 Å². The highest BCUT2D eigenvalue weighted by atomic mass is 16.5. The SMILES string of the molecule is CC(C)n1cncc1-c1cc(CCO)on1. The van der Waals surface area contributed by atoms with Gasteiger partial charge >= 0.3 is 0 Å². The average Bonchev–Trinajstić information content (AvgIpc) is 2.83. The molecular formula is C11H15N3O2. The Bertz CT molecular complexity index is 459. The van der Waals surface area contributed by atoms with Crippen molar-refractivity contribution in [2.75, 3.05) is 6.61 Å². The predicted octanol–water partition coefficient (Wildman–Crippen LogP) is 1.65. The summed E-state index contributed by atoms with van der Waals surface area (Å²) in [6.07, 6.45) is 4.03. The Kier molecular flexibility index (Phi) is 3.05. The van der Waals surface area contributed by atoms with E-state index in [9.17, 15) is 0 Å². The molecule has 0 saturated heterocycles. The third-order valence-corrected chi connectivity index (χ3v) is 2.40. The van der Waals surface area contributed by atoms with Crippen molar-refractivity contribution < 1.29 is 9.63 Å². The van der Waals surface area contributed by atoms with E-state index in [-0.39, 0.29) is 6.61 Å². The van der Waals surface area contributed by atoms with Crippen LogP contribution in [0.15, 0.2) is 23.1 Å². The maximum atomic E-state index is 8.80. The molecule has 0 spiro atoms. The summed E-state index contributed by atoms with van der Waals surface area (Å²) in [7, 11) is 0. The van der Waals surface area contributed by atoms with Crippen molar-refractivity contribution in [2.45, 2.75) is 26.3 Å². The quantitative estimate of drug-likeness (QED) is 0.852. The molecule has 5 nitrogen and oxygen atoms in total. The Morgan fingerprint density at radius 3 is 3.00 bits per heavy atom. The smallest absolute Gasteiger partial charge is 0.139 e. The number of aliphatic hydroxyl groups excluding tert-OH is 1. The van der Waals surface area contributed by atoms with E-state index in [4.69, 9.17) is 9.63 Å². The zero-order chi connectivity index (χ0) is 11.5. The molecular weight excluding hydrogens is 206 g/mol. The molecule has 0 saturated carbocycles. The molecule has 16 heavy (non-hydrogen) atoms. The van der Waals surface area contributed by atoms with Gasteiger partial charge in [0.25, 0.3) is 0 Å². The second-order valence-electron chi connectivity index (χ2n) is 3.93. The first-order valence-electron chi connectivity index (χ1n) is 5.31. The highest BCUT2D eigenvalue weighted by Crippen LogP contribution is 2.22. The molecule has 2 aromatic heterocycles. The third-order valence-electron chi connectivity index (χ3n) is 2.40. The summed E-state index contributed by atoms with van der Waals surface area (Å²) in [6.45, 7) is 4.23. The van der Waals surface area contributed by atoms with Crippen LogP contribution in [0.2, 0.25) is 0 Å². The van der Waals surface area contributed by atoms with Gasteiger partial charge in [-0.15, -0.1) is 0 Å². The first-order chi connectivity index (χ1) is 7.72. The summed E-state index contributed by atoms with van der Waals surface area (Å²) < 4.78 is 7.14. The fourth-order valence-corrected chi connectivity index (χ4v) is 1.58. The molecule has 2 aromatic rings. The standard InChI is InChI=1S/C11H15N3O2/c1-8(2)14-7-12-6-11(14)10-5-9(3-4-15)16-13-10/h5-8,15H,3-4H2,1-2H3. The molecule has 0 unspecified atom stereocenters. The van der Waals surface area contributed by atoms with Gasteiger partial charge in [0.15, 0.2) is 0 Å². The van der Waals surface area contributed by atoms with Crippen LogP contribution in [0.25, 0.3) is 11.4 Å². The summed E-state index contributed by atoms with van der Waals surface area (Å²) in [4.78, 5) is 4.11. The van der Waals surface area contributed by atoms with E-state index in [1.807, 2.05) is 10.6 Å². The molecule has 0 bridgehead atoms. The lowest BCUT2D eigenvalue weighted by Gasteiger charge is -2.08. The van der Waals surface area contributed by atoms with Gasteiger partial charge in [-0.05, 0) is 13.8 Å². The molecule has 2 heterocycles. The highest BCUT2D eigenvalue weighted by Gasteiger charge is 2.12. The molecule has 0 aliphatic heterocycles. The highest BCUT2D eigenvalue weighted by molar-refractivity contribution is 5.53. The second kappa shape index (κ2) is 4.49. The van der Waals surface area contributed by atoms with Gasteiger partial charge in [0.1, 0.15) is 11.5 Å². The van der Waals surface area contributed by atoms with Gasteiger partial charge in [0, 0.05) is 18.5 Å². The number of nitrogens with zero attached hydrogens (tertiary/aromatic N) is 3. The van der Waals surface area contributed by atoms with Crippen LogP contribution in [0, 0.1) is 0 Å². The molecule has 0 aliphatic rings. The Hall–Kier alpha value is -1.62. The topological polar surface area (TPSA) is 64.1 Å². The molecule has 2 rings (SSSR count). The Balaban J connectivity index is 2.31. The van der Waals surface area contributed by atoms with Crippen molar-refractivity contribution in [3.8, 4) is 11.4 Å². The van der Waals surface area contributed by atoms with Gasteiger partial charge in [-0.3, -0.25) is 0 Å². The number of hydrogen-bond acceptors (Lipinski definition) is 4. The Morgan fingerprint density at radius 1 is 1.50 bits per heavy atom. The lowest BCUT2D eigenvalue weighted by molar-refractivity contribution is 0.277. The van der Waals surface area contributed by atoms with Crippen LogP contribution < -0.4 is 0 Å². The molecule has 0 aliphatic carbocycles. The van der Waals surface area contributed by atoms with E-state index < -0.39 is 0 Å². The van der Waals surface area contributed by atoms with Crippen molar-refractivity contribution in [3.63, 3.8) is 0 Å². The van der Waals surface area contributed by atoms with Crippen molar-refractivity contribution in [2.24, 2.45) is 0 Å². The summed E-state index contributed by atoms with van der Waals surface area (Å²) in [5, 5.41) is 12.8. The molecule has 0 atom stereocenters. The van der Waals surface area contributed by atoms with Crippen LogP contribution in [0.4, 0.5) is 0 Å². The lowest BCUT2D eigenvalue weighted by Crippen LogP contribution is -2.00. The van der Waals surface area contributed by atoms with Gasteiger partial charge in [-0.2, -0.15) is 0 Å². The molecule has 86 valence electrons. The van der Waals surface area contributed by atoms with Crippen LogP contribution in [0.1, 0.15) is 25.6 Å². The summed E-state index contributed by atoms with van der Waals surface area (Å²) in [5.41, 5.74) is 1.69. The minimum atomic E-state index is 0.0675. The van der Waals surface area contributed by atoms with Crippen molar-refractivity contribution in [1.29, 1.82) is 0 Å². The fourth-order valence-electron chi connectivity index (χ4n) is 1.58. The number of aromatic nitrogens is 3. The second-order valence-corrected chi connectivity index (χ2v) is 3.93. The van der Waals surface area contributed by atoms with E-state index in [0.717, 1.165) is 11.4 Å². The monoisotopic (exact) mass is 221 g/mol. The van der Waals surface area contributed by atoms with E-state index in [2.05, 4.69) is 24.0 Å². The van der Waals surface area contributed by atoms with E-state index >= 15 is 0 Å². The van der Waals surface area contributed by atoms with E-state index in [0.29, 0.717) is 18.2 Å². The number of hydrogen-bond donors (Lipinski definition) is 1. The molecule has 0 fully saturated rings. The summed E-state index contributed by atoms with van der Waals surface area (Å²) in [5.74, 6) is 0.689. The van der Waals surface area contributed by atoms with Gasteiger partial charge < -0.3 is 14.2 Å². The molecule has 0 radical (unpaired) electrons. The minimum absolute atomic E-state index is 0.0675.